The lowest BCUT2D eigenvalue weighted by Crippen LogP contribution is -1.94. The van der Waals surface area contributed by atoms with E-state index in [1.807, 2.05) is 24.0 Å². The van der Waals surface area contributed by atoms with Crippen molar-refractivity contribution < 1.29 is 0 Å². The van der Waals surface area contributed by atoms with E-state index in [4.69, 9.17) is 11.6 Å². The van der Waals surface area contributed by atoms with Gasteiger partial charge in [0.25, 0.3) is 0 Å². The van der Waals surface area contributed by atoms with Crippen LogP contribution < -0.4 is 0 Å². The van der Waals surface area contributed by atoms with Crippen LogP contribution in [0.2, 0.25) is 5.02 Å². The summed E-state index contributed by atoms with van der Waals surface area (Å²) in [5.74, 6) is 0. The van der Waals surface area contributed by atoms with Crippen LogP contribution in [-0.4, -0.2) is 15.2 Å². The van der Waals surface area contributed by atoms with Gasteiger partial charge in [0.05, 0.1) is 10.3 Å². The Bertz CT molecular complexity index is 811. The number of aromatic amines is 1. The van der Waals surface area contributed by atoms with Gasteiger partial charge in [-0.1, -0.05) is 42.0 Å². The predicted octanol–water partition coefficient (Wildman–Crippen LogP) is 4.73. The fourth-order valence-corrected chi connectivity index (χ4v) is 4.10. The smallest absolute Gasteiger partial charge is 0.137 e. The Morgan fingerprint density at radius 2 is 2.20 bits per heavy atom. The van der Waals surface area contributed by atoms with E-state index in [0.717, 1.165) is 16.6 Å². The first-order valence-electron chi connectivity index (χ1n) is 6.38. The summed E-state index contributed by atoms with van der Waals surface area (Å²) >= 11 is 8.22. The number of allylic oxidation sites excluding steroid dienone is 5. The summed E-state index contributed by atoms with van der Waals surface area (Å²) in [5, 5.41) is 2.15. The van der Waals surface area contributed by atoms with Crippen LogP contribution in [0.25, 0.3) is 15.9 Å². The molecule has 1 atom stereocenters. The fraction of sp³-hybridized carbons (Fsp3) is 0.0625. The van der Waals surface area contributed by atoms with E-state index in [1.54, 1.807) is 6.20 Å². The van der Waals surface area contributed by atoms with Crippen LogP contribution in [0.1, 0.15) is 5.56 Å². The maximum absolute atomic E-state index is 6.39. The Labute approximate surface area is 125 Å². The molecule has 4 heteroatoms. The molecular weight excluding hydrogens is 288 g/mol. The van der Waals surface area contributed by atoms with Gasteiger partial charge in [-0.2, -0.15) is 0 Å². The molecule has 2 aromatic rings. The molecule has 1 aliphatic carbocycles. The van der Waals surface area contributed by atoms with Gasteiger partial charge < -0.3 is 4.98 Å². The average molecular weight is 299 g/mol. The van der Waals surface area contributed by atoms with Crippen LogP contribution >= 0.6 is 23.4 Å². The van der Waals surface area contributed by atoms with E-state index < -0.39 is 0 Å². The zero-order valence-electron chi connectivity index (χ0n) is 10.5. The highest BCUT2D eigenvalue weighted by atomic mass is 35.5. The number of pyridine rings is 1. The second-order valence-corrected chi connectivity index (χ2v) is 6.30. The Morgan fingerprint density at radius 3 is 3.15 bits per heavy atom. The van der Waals surface area contributed by atoms with Gasteiger partial charge in [0.2, 0.25) is 0 Å². The molecule has 2 nitrogen and oxygen atoms in total. The number of rotatable bonds is 1. The normalized spacial score (nSPS) is 20.8. The van der Waals surface area contributed by atoms with Crippen molar-refractivity contribution in [1.82, 2.24) is 9.97 Å². The minimum absolute atomic E-state index is 0.373. The number of hydrogen-bond acceptors (Lipinski definition) is 2. The van der Waals surface area contributed by atoms with Crippen LogP contribution in [0.4, 0.5) is 0 Å². The van der Waals surface area contributed by atoms with Crippen molar-refractivity contribution in [3.05, 3.63) is 71.1 Å². The molecule has 3 heterocycles. The summed E-state index contributed by atoms with van der Waals surface area (Å²) in [5.41, 5.74) is 3.27. The number of halogens is 1. The maximum atomic E-state index is 6.39. The van der Waals surface area contributed by atoms with Crippen molar-refractivity contribution in [2.45, 2.75) is 5.25 Å². The highest BCUT2D eigenvalue weighted by Crippen LogP contribution is 2.46. The Hall–Kier alpha value is -1.71. The minimum Gasteiger partial charge on any atom is -0.346 e. The molecule has 0 saturated heterocycles. The number of aromatic nitrogens is 2. The van der Waals surface area contributed by atoms with Gasteiger partial charge in [0, 0.05) is 28.2 Å². The van der Waals surface area contributed by atoms with Gasteiger partial charge >= 0.3 is 0 Å². The van der Waals surface area contributed by atoms with Gasteiger partial charge in [0.15, 0.2) is 0 Å². The van der Waals surface area contributed by atoms with Crippen molar-refractivity contribution in [3.63, 3.8) is 0 Å². The predicted molar refractivity (Wildman–Crippen MR) is 86.8 cm³/mol. The van der Waals surface area contributed by atoms with Gasteiger partial charge in [-0.15, -0.1) is 11.8 Å². The molecule has 1 aliphatic heterocycles. The van der Waals surface area contributed by atoms with Crippen molar-refractivity contribution in [1.29, 1.82) is 0 Å². The Morgan fingerprint density at radius 1 is 1.25 bits per heavy atom. The molecule has 2 aliphatic rings. The molecule has 0 aromatic carbocycles. The molecule has 0 radical (unpaired) electrons. The third-order valence-corrected chi connectivity index (χ3v) is 5.01. The van der Waals surface area contributed by atoms with E-state index in [2.05, 4.69) is 46.4 Å². The minimum atomic E-state index is 0.373. The monoisotopic (exact) mass is 298 g/mol. The first-order chi connectivity index (χ1) is 9.83. The number of H-pyrrole nitrogens is 1. The van der Waals surface area contributed by atoms with Gasteiger partial charge in [0.1, 0.15) is 5.65 Å². The number of nitrogens with zero attached hydrogens (tertiary/aromatic N) is 1. The van der Waals surface area contributed by atoms with E-state index in [9.17, 15) is 0 Å². The maximum Gasteiger partial charge on any atom is 0.137 e. The molecule has 0 spiro atoms. The highest BCUT2D eigenvalue weighted by Gasteiger charge is 2.24. The molecule has 98 valence electrons. The van der Waals surface area contributed by atoms with E-state index in [-0.39, 0.29) is 0 Å². The lowest BCUT2D eigenvalue weighted by molar-refractivity contribution is 1.32. The van der Waals surface area contributed by atoms with Crippen LogP contribution in [0, 0.1) is 0 Å². The SMILES string of the molecule is Clc1cnc2[nH]ccc2c1C1=CC2=CC=CC=CC2S1. The van der Waals surface area contributed by atoms with E-state index >= 15 is 0 Å². The Kier molecular flexibility index (Phi) is 2.83. The van der Waals surface area contributed by atoms with Gasteiger partial charge in [-0.05, 0) is 17.7 Å². The van der Waals surface area contributed by atoms with E-state index in [0.29, 0.717) is 10.3 Å². The summed E-state index contributed by atoms with van der Waals surface area (Å²) in [7, 11) is 0. The van der Waals surface area contributed by atoms with Crippen molar-refractivity contribution in [3.8, 4) is 0 Å². The quantitative estimate of drug-likeness (QED) is 0.825. The molecule has 1 N–H and O–H groups in total. The van der Waals surface area contributed by atoms with Gasteiger partial charge in [-0.25, -0.2) is 4.98 Å². The standard InChI is InChI=1S/C16H11ClN2S/c17-12-9-19-16-11(6-7-18-16)15(12)14-8-10-4-2-1-3-5-13(10)20-14/h1-9,13H,(H,18,19). The number of fused-ring (bicyclic) bond motifs is 2. The average Bonchev–Trinajstić information content (AvgIpc) is 3.01. The second-order valence-electron chi connectivity index (χ2n) is 4.70. The lowest BCUT2D eigenvalue weighted by Gasteiger charge is -2.08. The summed E-state index contributed by atoms with van der Waals surface area (Å²) in [4.78, 5) is 8.66. The van der Waals surface area contributed by atoms with E-state index in [1.165, 1.54) is 10.5 Å². The largest absolute Gasteiger partial charge is 0.346 e. The van der Waals surface area contributed by atoms with Crippen LogP contribution in [0.5, 0.6) is 0 Å². The molecule has 4 rings (SSSR count). The third kappa shape index (κ3) is 1.86. The molecule has 0 saturated carbocycles. The van der Waals surface area contributed by atoms with Gasteiger partial charge in [-0.3, -0.25) is 0 Å². The molecule has 0 fully saturated rings. The molecule has 1 unspecified atom stereocenters. The van der Waals surface area contributed by atoms with Crippen LogP contribution in [0.15, 0.2) is 60.5 Å². The summed E-state index contributed by atoms with van der Waals surface area (Å²) in [6.07, 6.45) is 16.4. The van der Waals surface area contributed by atoms with Crippen molar-refractivity contribution in [2.75, 3.05) is 0 Å². The molecule has 0 bridgehead atoms. The number of thioether (sulfide) groups is 1. The second kappa shape index (κ2) is 4.69. The lowest BCUT2D eigenvalue weighted by atomic mass is 10.1. The van der Waals surface area contributed by atoms with Crippen molar-refractivity contribution >= 4 is 39.3 Å². The highest BCUT2D eigenvalue weighted by molar-refractivity contribution is 8.09. The van der Waals surface area contributed by atoms with Crippen LogP contribution in [0.3, 0.4) is 0 Å². The molecule has 2 aromatic heterocycles. The first kappa shape index (κ1) is 12.1. The first-order valence-corrected chi connectivity index (χ1v) is 7.64. The third-order valence-electron chi connectivity index (χ3n) is 3.46. The summed E-state index contributed by atoms with van der Waals surface area (Å²) in [6.45, 7) is 0. The summed E-state index contributed by atoms with van der Waals surface area (Å²) in [6, 6.07) is 2.03. The fourth-order valence-electron chi connectivity index (χ4n) is 2.53. The summed E-state index contributed by atoms with van der Waals surface area (Å²) < 4.78 is 0. The molecule has 20 heavy (non-hydrogen) atoms. The van der Waals surface area contributed by atoms with Crippen molar-refractivity contribution in [2.24, 2.45) is 0 Å². The number of nitrogens with one attached hydrogen (secondary N) is 1. The number of hydrogen-bond donors (Lipinski definition) is 1. The Balaban J connectivity index is 1.89. The van der Waals surface area contributed by atoms with Crippen LogP contribution in [-0.2, 0) is 0 Å². The zero-order valence-corrected chi connectivity index (χ0v) is 12.1. The molecule has 0 amide bonds. The topological polar surface area (TPSA) is 28.7 Å². The molecular formula is C16H11ClN2S. The zero-order chi connectivity index (χ0) is 13.5.